The summed E-state index contributed by atoms with van der Waals surface area (Å²) in [6.45, 7) is 2.48. The fraction of sp³-hybridized carbons (Fsp3) is 0.600. The van der Waals surface area contributed by atoms with Crippen molar-refractivity contribution < 1.29 is 27.1 Å². The lowest BCUT2D eigenvalue weighted by molar-refractivity contribution is -0.125. The number of rotatable bonds is 12. The van der Waals surface area contributed by atoms with Crippen molar-refractivity contribution in [1.82, 2.24) is 14.9 Å². The molecule has 1 atom stereocenters. The van der Waals surface area contributed by atoms with Crippen LogP contribution in [0.2, 0.25) is 0 Å². The van der Waals surface area contributed by atoms with E-state index in [0.717, 1.165) is 17.7 Å². The van der Waals surface area contributed by atoms with Crippen LogP contribution in [0.5, 0.6) is 5.75 Å². The highest BCUT2D eigenvalue weighted by molar-refractivity contribution is 7.89. The second kappa shape index (κ2) is 9.74. The van der Waals surface area contributed by atoms with Crippen molar-refractivity contribution in [2.24, 2.45) is 5.92 Å². The second-order valence-corrected chi connectivity index (χ2v) is 9.74. The highest BCUT2D eigenvalue weighted by Crippen LogP contribution is 2.31. The van der Waals surface area contributed by atoms with Gasteiger partial charge in [0.05, 0.1) is 18.9 Å². The second-order valence-electron chi connectivity index (χ2n) is 7.87. The molecule has 2 fully saturated rings. The summed E-state index contributed by atoms with van der Waals surface area (Å²) in [5, 5.41) is 2.44. The van der Waals surface area contributed by atoms with Gasteiger partial charge in [0.25, 0.3) is 0 Å². The van der Waals surface area contributed by atoms with Crippen LogP contribution in [0.15, 0.2) is 18.2 Å². The van der Waals surface area contributed by atoms with Gasteiger partial charge in [0.15, 0.2) is 11.6 Å². The number of hydrogen-bond donors (Lipinski definition) is 2. The first-order valence-corrected chi connectivity index (χ1v) is 11.9. The van der Waals surface area contributed by atoms with Crippen LogP contribution in [0.25, 0.3) is 0 Å². The molecule has 0 unspecified atom stereocenters. The quantitative estimate of drug-likeness (QED) is 0.383. The number of carbonyl (C=O) groups excluding carboxylic acids is 2. The number of nitrogens with zero attached hydrogens (tertiary/aromatic N) is 1. The molecule has 1 aliphatic carbocycles. The Bertz CT molecular complexity index is 872. The third-order valence-electron chi connectivity index (χ3n) is 5.21. The van der Waals surface area contributed by atoms with Crippen molar-refractivity contribution in [2.75, 3.05) is 25.4 Å². The molecular formula is C20H28FN3O5S. The average molecular weight is 442 g/mol. The minimum absolute atomic E-state index is 0.0196. The predicted octanol–water partition coefficient (Wildman–Crippen LogP) is 2.32. The van der Waals surface area contributed by atoms with Gasteiger partial charge in [0.1, 0.15) is 0 Å². The zero-order valence-corrected chi connectivity index (χ0v) is 17.8. The van der Waals surface area contributed by atoms with Crippen LogP contribution >= 0.6 is 0 Å². The van der Waals surface area contributed by atoms with E-state index < -0.39 is 27.9 Å². The summed E-state index contributed by atoms with van der Waals surface area (Å²) in [6.07, 6.45) is 3.72. The zero-order valence-electron chi connectivity index (χ0n) is 17.0. The number of imide groups is 1. The third kappa shape index (κ3) is 6.40. The Labute approximate surface area is 176 Å². The zero-order chi connectivity index (χ0) is 21.7. The van der Waals surface area contributed by atoms with Gasteiger partial charge >= 0.3 is 6.03 Å². The van der Waals surface area contributed by atoms with Crippen LogP contribution < -0.4 is 14.8 Å². The van der Waals surface area contributed by atoms with E-state index in [1.807, 2.05) is 0 Å². The maximum atomic E-state index is 13.9. The minimum atomic E-state index is -3.53. The van der Waals surface area contributed by atoms with E-state index in [4.69, 9.17) is 4.74 Å². The van der Waals surface area contributed by atoms with E-state index in [9.17, 15) is 22.4 Å². The van der Waals surface area contributed by atoms with Crippen LogP contribution in [-0.4, -0.2) is 50.7 Å². The summed E-state index contributed by atoms with van der Waals surface area (Å²) in [6, 6.07) is 3.46. The summed E-state index contributed by atoms with van der Waals surface area (Å²) in [7, 11) is -3.53. The van der Waals surface area contributed by atoms with Gasteiger partial charge in [-0.25, -0.2) is 22.3 Å². The number of nitrogens with one attached hydrogen (secondary N) is 2. The molecule has 1 heterocycles. The molecule has 2 N–H and O–H groups in total. The topological polar surface area (TPSA) is 105 Å². The van der Waals surface area contributed by atoms with E-state index >= 15 is 0 Å². The van der Waals surface area contributed by atoms with Gasteiger partial charge < -0.3 is 10.1 Å². The van der Waals surface area contributed by atoms with Crippen molar-refractivity contribution in [3.63, 3.8) is 0 Å². The highest BCUT2D eigenvalue weighted by atomic mass is 32.2. The third-order valence-corrected chi connectivity index (χ3v) is 6.75. The maximum absolute atomic E-state index is 13.9. The van der Waals surface area contributed by atoms with Crippen molar-refractivity contribution in [1.29, 1.82) is 0 Å². The largest absolute Gasteiger partial charge is 0.490 e. The molecule has 0 bridgehead atoms. The van der Waals surface area contributed by atoms with Crippen molar-refractivity contribution in [3.8, 4) is 5.75 Å². The standard InChI is InChI=1S/C20H28FN3O5S/c1-14(16-7-8-17(21)18(11-16)29-13-15-5-6-15)23-30(27,28)10-4-2-3-9-24-19(25)12-22-20(24)26/h7-8,11,14-15,23H,2-6,9-10,12-13H2,1H3,(H,22,26)/t14-/m1/s1. The van der Waals surface area contributed by atoms with Gasteiger partial charge in [0, 0.05) is 12.6 Å². The minimum Gasteiger partial charge on any atom is -0.490 e. The van der Waals surface area contributed by atoms with Gasteiger partial charge in [-0.1, -0.05) is 12.5 Å². The Hall–Kier alpha value is -2.20. The lowest BCUT2D eigenvalue weighted by atomic mass is 10.1. The smallest absolute Gasteiger partial charge is 0.324 e. The Kier molecular flexibility index (Phi) is 7.30. The molecule has 3 rings (SSSR count). The van der Waals surface area contributed by atoms with Gasteiger partial charge in [0.2, 0.25) is 15.9 Å². The molecule has 30 heavy (non-hydrogen) atoms. The van der Waals surface area contributed by atoms with Gasteiger partial charge in [-0.05, 0) is 56.2 Å². The number of halogens is 1. The first kappa shape index (κ1) is 22.5. The maximum Gasteiger partial charge on any atom is 0.324 e. The average Bonchev–Trinajstić information content (AvgIpc) is 3.46. The van der Waals surface area contributed by atoms with Crippen LogP contribution in [0, 0.1) is 11.7 Å². The number of amides is 3. The molecule has 1 aliphatic heterocycles. The number of carbonyl (C=O) groups is 2. The molecule has 1 aromatic carbocycles. The molecule has 2 aliphatic rings. The fourth-order valence-electron chi connectivity index (χ4n) is 3.21. The SMILES string of the molecule is C[C@@H](NS(=O)(=O)CCCCCN1C(=O)CNC1=O)c1ccc(F)c(OCC2CC2)c1. The number of urea groups is 1. The summed E-state index contributed by atoms with van der Waals surface area (Å²) >= 11 is 0. The molecule has 166 valence electrons. The number of ether oxygens (including phenoxy) is 1. The molecule has 0 aromatic heterocycles. The Morgan fingerprint density at radius 2 is 2.03 bits per heavy atom. The van der Waals surface area contributed by atoms with Crippen molar-refractivity contribution in [3.05, 3.63) is 29.6 Å². The molecule has 8 nitrogen and oxygen atoms in total. The normalized spacial score (nSPS) is 17.9. The molecule has 0 radical (unpaired) electrons. The lowest BCUT2D eigenvalue weighted by Gasteiger charge is -2.16. The van der Waals surface area contributed by atoms with Crippen LogP contribution in [-0.2, 0) is 14.8 Å². The van der Waals surface area contributed by atoms with E-state index in [1.54, 1.807) is 19.1 Å². The Morgan fingerprint density at radius 3 is 2.70 bits per heavy atom. The van der Waals surface area contributed by atoms with Gasteiger partial charge in [-0.15, -0.1) is 0 Å². The number of benzene rings is 1. The first-order valence-electron chi connectivity index (χ1n) is 10.3. The molecule has 0 spiro atoms. The molecule has 1 aromatic rings. The van der Waals surface area contributed by atoms with E-state index in [-0.39, 0.29) is 30.5 Å². The predicted molar refractivity (Wildman–Crippen MR) is 109 cm³/mol. The molecular weight excluding hydrogens is 413 g/mol. The molecule has 3 amide bonds. The Morgan fingerprint density at radius 1 is 1.27 bits per heavy atom. The molecule has 1 saturated heterocycles. The lowest BCUT2D eigenvalue weighted by Crippen LogP contribution is -2.32. The van der Waals surface area contributed by atoms with E-state index in [0.29, 0.717) is 37.4 Å². The van der Waals surface area contributed by atoms with Crippen molar-refractivity contribution >= 4 is 22.0 Å². The highest BCUT2D eigenvalue weighted by Gasteiger charge is 2.27. The number of hydrogen-bond acceptors (Lipinski definition) is 5. The monoisotopic (exact) mass is 441 g/mol. The fourth-order valence-corrected chi connectivity index (χ4v) is 4.59. The van der Waals surface area contributed by atoms with E-state index in [2.05, 4.69) is 10.0 Å². The van der Waals surface area contributed by atoms with Crippen molar-refractivity contribution in [2.45, 2.75) is 45.1 Å². The van der Waals surface area contributed by atoms with Crippen LogP contribution in [0.3, 0.4) is 0 Å². The number of unbranched alkanes of at least 4 members (excludes halogenated alkanes) is 2. The summed E-state index contributed by atoms with van der Waals surface area (Å²) in [5.41, 5.74) is 0.629. The number of sulfonamides is 1. The molecule has 1 saturated carbocycles. The summed E-state index contributed by atoms with van der Waals surface area (Å²) < 4.78 is 46.8. The Balaban J connectivity index is 1.43. The first-order chi connectivity index (χ1) is 14.2. The van der Waals surface area contributed by atoms with E-state index in [1.165, 1.54) is 6.07 Å². The summed E-state index contributed by atoms with van der Waals surface area (Å²) in [5.74, 6) is -0.153. The van der Waals surface area contributed by atoms with Gasteiger partial charge in [-0.2, -0.15) is 0 Å². The van der Waals surface area contributed by atoms with Crippen LogP contribution in [0.1, 0.15) is 50.6 Å². The summed E-state index contributed by atoms with van der Waals surface area (Å²) in [4.78, 5) is 24.1. The molecule has 10 heteroatoms. The van der Waals surface area contributed by atoms with Gasteiger partial charge in [-0.3, -0.25) is 9.69 Å². The van der Waals surface area contributed by atoms with Crippen LogP contribution in [0.4, 0.5) is 9.18 Å².